The summed E-state index contributed by atoms with van der Waals surface area (Å²) in [6, 6.07) is 2.83. The Bertz CT molecular complexity index is 383. The summed E-state index contributed by atoms with van der Waals surface area (Å²) in [7, 11) is 1.76. The van der Waals surface area contributed by atoms with Crippen molar-refractivity contribution in [1.29, 1.82) is 0 Å². The van der Waals surface area contributed by atoms with E-state index >= 15 is 0 Å². The van der Waals surface area contributed by atoms with Crippen molar-refractivity contribution >= 4 is 5.69 Å². The first-order valence-electron chi connectivity index (χ1n) is 5.99. The fraction of sp³-hybridized carbons (Fsp3) is 0.538. The predicted molar refractivity (Wildman–Crippen MR) is 65.1 cm³/mol. The summed E-state index contributed by atoms with van der Waals surface area (Å²) in [5, 5.41) is 2.89. The van der Waals surface area contributed by atoms with E-state index in [-0.39, 0.29) is 5.69 Å². The topological polar surface area (TPSA) is 15.3 Å². The molecule has 0 aliphatic carbocycles. The Morgan fingerprint density at radius 1 is 1.35 bits per heavy atom. The van der Waals surface area contributed by atoms with Crippen LogP contribution in [0.25, 0.3) is 0 Å². The molecule has 1 N–H and O–H groups in total. The Balaban J connectivity index is 2.28. The number of hydrogen-bond acceptors (Lipinski definition) is 2. The van der Waals surface area contributed by atoms with Crippen molar-refractivity contribution in [3.8, 4) is 0 Å². The van der Waals surface area contributed by atoms with Gasteiger partial charge in [-0.2, -0.15) is 0 Å². The zero-order valence-electron chi connectivity index (χ0n) is 10.3. The molecule has 0 radical (unpaired) electrons. The summed E-state index contributed by atoms with van der Waals surface area (Å²) in [6.45, 7) is 4.05. The predicted octanol–water partition coefficient (Wildman–Crippen LogP) is 2.53. The minimum atomic E-state index is -0.454. The first-order chi connectivity index (χ1) is 8.11. The van der Waals surface area contributed by atoms with E-state index in [2.05, 4.69) is 12.2 Å². The molecule has 0 amide bonds. The zero-order chi connectivity index (χ0) is 12.4. The monoisotopic (exact) mass is 240 g/mol. The van der Waals surface area contributed by atoms with E-state index in [1.54, 1.807) is 11.9 Å². The Labute approximate surface area is 101 Å². The van der Waals surface area contributed by atoms with Crippen molar-refractivity contribution in [2.45, 2.75) is 19.9 Å². The summed E-state index contributed by atoms with van der Waals surface area (Å²) in [5.74, 6) is -0.403. The lowest BCUT2D eigenvalue weighted by molar-refractivity contribution is 0.570. The van der Waals surface area contributed by atoms with Crippen LogP contribution in [0.5, 0.6) is 0 Å². The van der Waals surface area contributed by atoms with Gasteiger partial charge in [0.1, 0.15) is 17.3 Å². The molecule has 0 bridgehead atoms. The van der Waals surface area contributed by atoms with Crippen LogP contribution in [-0.4, -0.2) is 20.1 Å². The summed E-state index contributed by atoms with van der Waals surface area (Å²) >= 11 is 0. The van der Waals surface area contributed by atoms with Crippen molar-refractivity contribution in [3.05, 3.63) is 29.3 Å². The molecule has 1 heterocycles. The maximum atomic E-state index is 13.9. The molecule has 1 aromatic carbocycles. The van der Waals surface area contributed by atoms with Crippen LogP contribution < -0.4 is 10.2 Å². The molecular weight excluding hydrogens is 222 g/mol. The van der Waals surface area contributed by atoms with Gasteiger partial charge >= 0.3 is 0 Å². The minimum absolute atomic E-state index is 0.134. The van der Waals surface area contributed by atoms with Crippen LogP contribution in [-0.2, 0) is 6.54 Å². The third kappa shape index (κ3) is 2.57. The van der Waals surface area contributed by atoms with Gasteiger partial charge in [-0.3, -0.25) is 0 Å². The van der Waals surface area contributed by atoms with Crippen LogP contribution in [0.15, 0.2) is 12.1 Å². The highest BCUT2D eigenvalue weighted by Crippen LogP contribution is 2.29. The molecule has 4 heteroatoms. The van der Waals surface area contributed by atoms with E-state index in [0.29, 0.717) is 18.0 Å². The van der Waals surface area contributed by atoms with Gasteiger partial charge in [-0.25, -0.2) is 8.78 Å². The molecule has 1 atom stereocenters. The fourth-order valence-electron chi connectivity index (χ4n) is 2.36. The molecule has 0 saturated carbocycles. The third-order valence-corrected chi connectivity index (χ3v) is 3.20. The van der Waals surface area contributed by atoms with Crippen molar-refractivity contribution in [1.82, 2.24) is 5.32 Å². The Kier molecular flexibility index (Phi) is 3.62. The van der Waals surface area contributed by atoms with Crippen molar-refractivity contribution in [2.75, 3.05) is 25.0 Å². The van der Waals surface area contributed by atoms with Gasteiger partial charge in [0.05, 0.1) is 0 Å². The largest absolute Gasteiger partial charge is 0.367 e. The average Bonchev–Trinajstić information content (AvgIpc) is 2.64. The Hall–Kier alpha value is -1.16. The molecule has 1 unspecified atom stereocenters. The molecule has 2 nitrogen and oxygen atoms in total. The average molecular weight is 240 g/mol. The van der Waals surface area contributed by atoms with E-state index in [1.807, 2.05) is 0 Å². The highest BCUT2D eigenvalue weighted by molar-refractivity contribution is 5.51. The number of hydrogen-bond donors (Lipinski definition) is 1. The zero-order valence-corrected chi connectivity index (χ0v) is 10.3. The summed E-state index contributed by atoms with van der Waals surface area (Å²) in [4.78, 5) is 1.80. The first kappa shape index (κ1) is 12.3. The van der Waals surface area contributed by atoms with Gasteiger partial charge in [0.2, 0.25) is 0 Å². The van der Waals surface area contributed by atoms with Crippen LogP contribution in [0.3, 0.4) is 0 Å². The molecule has 1 aromatic rings. The van der Waals surface area contributed by atoms with Gasteiger partial charge in [-0.05, 0) is 37.1 Å². The molecular formula is C13H18F2N2. The highest BCUT2D eigenvalue weighted by atomic mass is 19.1. The minimum Gasteiger partial charge on any atom is -0.367 e. The van der Waals surface area contributed by atoms with Gasteiger partial charge < -0.3 is 10.2 Å². The third-order valence-electron chi connectivity index (χ3n) is 3.20. The summed E-state index contributed by atoms with van der Waals surface area (Å²) < 4.78 is 27.8. The number of nitrogens with one attached hydrogen (secondary N) is 1. The van der Waals surface area contributed by atoms with Crippen molar-refractivity contribution in [3.63, 3.8) is 0 Å². The molecule has 17 heavy (non-hydrogen) atoms. The van der Waals surface area contributed by atoms with E-state index in [4.69, 9.17) is 0 Å². The van der Waals surface area contributed by atoms with Crippen LogP contribution in [0, 0.1) is 17.6 Å². The number of anilines is 1. The van der Waals surface area contributed by atoms with Crippen LogP contribution >= 0.6 is 0 Å². The lowest BCUT2D eigenvalue weighted by Gasteiger charge is -2.20. The number of halogens is 2. The smallest absolute Gasteiger partial charge is 0.149 e. The summed E-state index contributed by atoms with van der Waals surface area (Å²) in [5.41, 5.74) is 0.771. The van der Waals surface area contributed by atoms with E-state index in [1.165, 1.54) is 12.1 Å². The second-order valence-electron chi connectivity index (χ2n) is 4.78. The molecule has 94 valence electrons. The lowest BCUT2D eigenvalue weighted by Crippen LogP contribution is -2.22. The molecule has 1 aliphatic rings. The van der Waals surface area contributed by atoms with Crippen LogP contribution in [0.1, 0.15) is 18.9 Å². The van der Waals surface area contributed by atoms with Gasteiger partial charge in [0.25, 0.3) is 0 Å². The van der Waals surface area contributed by atoms with Gasteiger partial charge in [0, 0.05) is 19.6 Å². The SMILES string of the molecule is CNCc1cc(F)c(N2CCC(C)C2)c(F)c1. The van der Waals surface area contributed by atoms with Gasteiger partial charge in [0.15, 0.2) is 0 Å². The van der Waals surface area contributed by atoms with Crippen LogP contribution in [0.2, 0.25) is 0 Å². The maximum Gasteiger partial charge on any atom is 0.149 e. The van der Waals surface area contributed by atoms with Crippen molar-refractivity contribution < 1.29 is 8.78 Å². The number of benzene rings is 1. The lowest BCUT2D eigenvalue weighted by atomic mass is 10.1. The Morgan fingerprint density at radius 3 is 2.47 bits per heavy atom. The summed E-state index contributed by atoms with van der Waals surface area (Å²) in [6.07, 6.45) is 0.997. The van der Waals surface area contributed by atoms with Gasteiger partial charge in [-0.15, -0.1) is 0 Å². The normalized spacial score (nSPS) is 20.0. The second-order valence-corrected chi connectivity index (χ2v) is 4.78. The van der Waals surface area contributed by atoms with Crippen LogP contribution in [0.4, 0.5) is 14.5 Å². The quantitative estimate of drug-likeness (QED) is 0.873. The second kappa shape index (κ2) is 5.00. The molecule has 0 aromatic heterocycles. The molecule has 2 rings (SSSR count). The van der Waals surface area contributed by atoms with Crippen molar-refractivity contribution in [2.24, 2.45) is 5.92 Å². The molecule has 0 spiro atoms. The molecule has 1 fully saturated rings. The standard InChI is InChI=1S/C13H18F2N2/c1-9-3-4-17(8-9)13-11(14)5-10(7-16-2)6-12(13)15/h5-6,9,16H,3-4,7-8H2,1-2H3. The van der Waals surface area contributed by atoms with E-state index in [9.17, 15) is 8.78 Å². The fourth-order valence-corrected chi connectivity index (χ4v) is 2.36. The number of nitrogens with zero attached hydrogens (tertiary/aromatic N) is 1. The first-order valence-corrected chi connectivity index (χ1v) is 5.99. The maximum absolute atomic E-state index is 13.9. The highest BCUT2D eigenvalue weighted by Gasteiger charge is 2.24. The number of rotatable bonds is 3. The molecule has 1 aliphatic heterocycles. The Morgan fingerprint density at radius 2 is 2.00 bits per heavy atom. The van der Waals surface area contributed by atoms with E-state index in [0.717, 1.165) is 19.5 Å². The van der Waals surface area contributed by atoms with Gasteiger partial charge in [-0.1, -0.05) is 6.92 Å². The van der Waals surface area contributed by atoms with E-state index < -0.39 is 11.6 Å². The molecule has 1 saturated heterocycles.